The first-order valence-corrected chi connectivity index (χ1v) is 8.71. The molecule has 0 rings (SSSR count). The average molecular weight is 407 g/mol. The number of aliphatic carboxylic acids is 1. The summed E-state index contributed by atoms with van der Waals surface area (Å²) in [5.74, 6) is -0.947. The van der Waals surface area contributed by atoms with Gasteiger partial charge in [0.25, 0.3) is 0 Å². The van der Waals surface area contributed by atoms with Crippen molar-refractivity contribution in [1.29, 1.82) is 0 Å². The minimum atomic E-state index is -0.973. The Morgan fingerprint density at radius 1 is 0.864 bits per heavy atom. The Morgan fingerprint density at radius 3 is 1.95 bits per heavy atom. The van der Waals surface area contributed by atoms with Crippen LogP contribution in [-0.2, 0) is 27.2 Å². The summed E-state index contributed by atoms with van der Waals surface area (Å²) in [6.07, 6.45) is 15.2. The van der Waals surface area contributed by atoms with Gasteiger partial charge < -0.3 is 9.90 Å². The summed E-state index contributed by atoms with van der Waals surface area (Å²) >= 11 is 0. The first-order valence-electron chi connectivity index (χ1n) is 8.71. The van der Waals surface area contributed by atoms with Crippen LogP contribution < -0.4 is 5.11 Å². The zero-order chi connectivity index (χ0) is 15.8. The number of carbonyl (C=O) groups is 1. The van der Waals surface area contributed by atoms with Gasteiger partial charge in [0.05, 0.1) is 5.83 Å². The van der Waals surface area contributed by atoms with E-state index in [1.165, 1.54) is 32.1 Å². The van der Waals surface area contributed by atoms with Crippen LogP contribution in [0.2, 0.25) is 0 Å². The van der Waals surface area contributed by atoms with Crippen LogP contribution in [0.3, 0.4) is 0 Å². The van der Waals surface area contributed by atoms with Crippen LogP contribution in [0.4, 0.5) is 4.39 Å². The molecule has 0 aliphatic carbocycles. The number of carboxylic acid groups (broad SMARTS) is 1. The Morgan fingerprint density at radius 2 is 1.36 bits per heavy atom. The summed E-state index contributed by atoms with van der Waals surface area (Å²) < 4.78 is 13.5. The fourth-order valence-corrected chi connectivity index (χ4v) is 2.38. The molecule has 4 heteroatoms. The molecule has 0 aromatic heterocycles. The van der Waals surface area contributed by atoms with Gasteiger partial charge in [0, 0.05) is 5.97 Å². The van der Waals surface area contributed by atoms with E-state index in [4.69, 9.17) is 0 Å². The number of halogens is 1. The van der Waals surface area contributed by atoms with Crippen molar-refractivity contribution in [2.45, 2.75) is 96.8 Å². The second-order valence-corrected chi connectivity index (χ2v) is 5.85. The molecule has 0 aliphatic rings. The predicted molar refractivity (Wildman–Crippen MR) is 84.5 cm³/mol. The van der Waals surface area contributed by atoms with E-state index in [-0.39, 0.29) is 34.6 Å². The van der Waals surface area contributed by atoms with E-state index in [1.807, 2.05) is 0 Å². The van der Waals surface area contributed by atoms with Gasteiger partial charge in [-0.25, -0.2) is 4.39 Å². The van der Waals surface area contributed by atoms with Gasteiger partial charge in [-0.05, 0) is 38.5 Å². The molecule has 0 amide bonds. The summed E-state index contributed by atoms with van der Waals surface area (Å²) in [7, 11) is 0. The van der Waals surface area contributed by atoms with Crippen molar-refractivity contribution in [2.75, 3.05) is 0 Å². The Balaban J connectivity index is 0. The molecular formula is C18H32AgFO2. The molecule has 0 atom stereocenters. The summed E-state index contributed by atoms with van der Waals surface area (Å²) in [4.78, 5) is 10.2. The number of unbranched alkanes of at least 4 members (excludes halogenated alkanes) is 10. The molecule has 0 bridgehead atoms. The average Bonchev–Trinajstić information content (AvgIpc) is 2.45. The largest absolute Gasteiger partial charge is 1.00 e. The van der Waals surface area contributed by atoms with E-state index in [2.05, 4.69) is 6.92 Å². The van der Waals surface area contributed by atoms with Gasteiger partial charge in [-0.2, -0.15) is 0 Å². The van der Waals surface area contributed by atoms with Crippen molar-refractivity contribution in [1.82, 2.24) is 0 Å². The first kappa shape index (κ1) is 24.1. The molecule has 0 unspecified atom stereocenters. The smallest absolute Gasteiger partial charge is 0.550 e. The summed E-state index contributed by atoms with van der Waals surface area (Å²) in [5, 5.41) is 10.2. The molecule has 0 saturated carbocycles. The Bertz CT molecular complexity index is 280. The summed E-state index contributed by atoms with van der Waals surface area (Å²) in [6.45, 7) is 2.21. The minimum absolute atomic E-state index is 0. The van der Waals surface area contributed by atoms with E-state index >= 15 is 0 Å². The van der Waals surface area contributed by atoms with Crippen LogP contribution in [0.5, 0.6) is 0 Å². The maximum atomic E-state index is 13.5. The molecule has 0 N–H and O–H groups in total. The third-order valence-electron chi connectivity index (χ3n) is 3.72. The van der Waals surface area contributed by atoms with Crippen LogP contribution >= 0.6 is 0 Å². The summed E-state index contributed by atoms with van der Waals surface area (Å²) in [6, 6.07) is 0. The monoisotopic (exact) mass is 406 g/mol. The maximum Gasteiger partial charge on any atom is 1.00 e. The van der Waals surface area contributed by atoms with Crippen LogP contribution in [0.15, 0.2) is 11.9 Å². The number of allylic oxidation sites excluding steroid dienone is 2. The topological polar surface area (TPSA) is 40.1 Å². The Hall–Kier alpha value is -0.120. The fourth-order valence-electron chi connectivity index (χ4n) is 2.38. The Kier molecular flexibility index (Phi) is 20.8. The Labute approximate surface area is 151 Å². The molecule has 0 aliphatic heterocycles. The fraction of sp³-hybridized carbons (Fsp3) is 0.833. The van der Waals surface area contributed by atoms with Gasteiger partial charge in [-0.3, -0.25) is 0 Å². The zero-order valence-corrected chi connectivity index (χ0v) is 15.5. The SMILES string of the molecule is CCCCCCCCC=C(F)CCCCCCCC(=O)[O-].[Ag+]. The van der Waals surface area contributed by atoms with Crippen molar-refractivity contribution in [3.63, 3.8) is 0 Å². The zero-order valence-electron chi connectivity index (χ0n) is 14.0. The second-order valence-electron chi connectivity index (χ2n) is 5.85. The van der Waals surface area contributed by atoms with Crippen LogP contribution in [0, 0.1) is 0 Å². The van der Waals surface area contributed by atoms with E-state index in [0.717, 1.165) is 38.5 Å². The van der Waals surface area contributed by atoms with Crippen molar-refractivity contribution in [3.05, 3.63) is 11.9 Å². The van der Waals surface area contributed by atoms with E-state index < -0.39 is 5.97 Å². The molecule has 0 radical (unpaired) electrons. The number of rotatable bonds is 15. The third-order valence-corrected chi connectivity index (χ3v) is 3.72. The molecular weight excluding hydrogens is 375 g/mol. The molecule has 0 aromatic rings. The number of hydrogen-bond donors (Lipinski definition) is 0. The molecule has 0 fully saturated rings. The van der Waals surface area contributed by atoms with Crippen molar-refractivity contribution in [3.8, 4) is 0 Å². The quantitative estimate of drug-likeness (QED) is 0.281. The van der Waals surface area contributed by atoms with Gasteiger partial charge in [0.2, 0.25) is 0 Å². The molecule has 22 heavy (non-hydrogen) atoms. The van der Waals surface area contributed by atoms with Gasteiger partial charge in [-0.1, -0.05) is 64.4 Å². The standard InChI is InChI=1S/C18H33FO2.Ag/c1-2-3-4-5-6-8-11-14-17(19)15-12-9-7-10-13-16-18(20)21;/h14H,2-13,15-16H2,1H3,(H,20,21);/q;+1/p-1. The normalized spacial score (nSPS) is 11.3. The molecule has 134 valence electrons. The molecule has 0 aromatic carbocycles. The molecule has 0 heterocycles. The molecule has 0 saturated heterocycles. The van der Waals surface area contributed by atoms with Gasteiger partial charge in [0.15, 0.2) is 0 Å². The van der Waals surface area contributed by atoms with Gasteiger partial charge >= 0.3 is 22.4 Å². The van der Waals surface area contributed by atoms with Crippen LogP contribution in [0.25, 0.3) is 0 Å². The van der Waals surface area contributed by atoms with Crippen molar-refractivity contribution in [2.24, 2.45) is 0 Å². The number of carbonyl (C=O) groups excluding carboxylic acids is 1. The predicted octanol–water partition coefficient (Wildman–Crippen LogP) is 5.07. The van der Waals surface area contributed by atoms with E-state index in [9.17, 15) is 14.3 Å². The van der Waals surface area contributed by atoms with Crippen LogP contribution in [0.1, 0.15) is 96.8 Å². The van der Waals surface area contributed by atoms with Gasteiger partial charge in [-0.15, -0.1) is 0 Å². The minimum Gasteiger partial charge on any atom is -0.550 e. The summed E-state index contributed by atoms with van der Waals surface area (Å²) in [5.41, 5.74) is 0. The maximum absolute atomic E-state index is 13.5. The van der Waals surface area contributed by atoms with Crippen molar-refractivity contribution >= 4 is 5.97 Å². The van der Waals surface area contributed by atoms with Gasteiger partial charge in [0.1, 0.15) is 0 Å². The molecule has 2 nitrogen and oxygen atoms in total. The molecule has 0 spiro atoms. The van der Waals surface area contributed by atoms with E-state index in [0.29, 0.717) is 12.8 Å². The number of hydrogen-bond acceptors (Lipinski definition) is 2. The third kappa shape index (κ3) is 19.9. The second kappa shape index (κ2) is 18.9. The first-order chi connectivity index (χ1) is 10.2. The number of carboxylic acids is 1. The van der Waals surface area contributed by atoms with E-state index in [1.54, 1.807) is 6.08 Å². The van der Waals surface area contributed by atoms with Crippen molar-refractivity contribution < 1.29 is 36.7 Å². The van der Waals surface area contributed by atoms with Crippen LogP contribution in [-0.4, -0.2) is 5.97 Å².